The first-order valence-electron chi connectivity index (χ1n) is 9.07. The summed E-state index contributed by atoms with van der Waals surface area (Å²) in [5.74, 6) is -1.51. The van der Waals surface area contributed by atoms with Crippen molar-refractivity contribution >= 4 is 29.2 Å². The Bertz CT molecular complexity index is 931. The van der Waals surface area contributed by atoms with Gasteiger partial charge in [0.25, 0.3) is 11.8 Å². The van der Waals surface area contributed by atoms with E-state index in [2.05, 4.69) is 10.3 Å². The standard InChI is InChI=1S/C20H19N3O5/c24-18(16-5-6-17(28-16)20(26)27)22-14-3-4-15-12(10-14)7-9-23(15)19(25)13-2-1-8-21-11-13/h1-4,8,10-11,16-17H,5-7,9H2,(H,22,24)(H,26,27)/t16-,17+/m0/s1. The van der Waals surface area contributed by atoms with E-state index < -0.39 is 18.2 Å². The lowest BCUT2D eigenvalue weighted by atomic mass is 10.1. The van der Waals surface area contributed by atoms with E-state index >= 15 is 0 Å². The molecule has 0 bridgehead atoms. The molecule has 144 valence electrons. The minimum atomic E-state index is -1.05. The smallest absolute Gasteiger partial charge is 0.332 e. The largest absolute Gasteiger partial charge is 0.479 e. The Morgan fingerprint density at radius 3 is 2.71 bits per heavy atom. The number of carboxylic acids is 1. The van der Waals surface area contributed by atoms with Gasteiger partial charge in [0.2, 0.25) is 0 Å². The number of hydrogen-bond donors (Lipinski definition) is 2. The Balaban J connectivity index is 1.45. The predicted octanol–water partition coefficient (Wildman–Crippen LogP) is 1.86. The molecule has 0 radical (unpaired) electrons. The van der Waals surface area contributed by atoms with E-state index in [4.69, 9.17) is 9.84 Å². The Hall–Kier alpha value is -3.26. The van der Waals surface area contributed by atoms with Gasteiger partial charge in [0.05, 0.1) is 5.56 Å². The summed E-state index contributed by atoms with van der Waals surface area (Å²) in [7, 11) is 0. The molecule has 0 unspecified atom stereocenters. The number of anilines is 2. The lowest BCUT2D eigenvalue weighted by Gasteiger charge is -2.18. The van der Waals surface area contributed by atoms with Gasteiger partial charge in [-0.05, 0) is 55.2 Å². The van der Waals surface area contributed by atoms with Gasteiger partial charge in [-0.15, -0.1) is 0 Å². The van der Waals surface area contributed by atoms with Crippen LogP contribution in [0, 0.1) is 0 Å². The van der Waals surface area contributed by atoms with Crippen LogP contribution in [0.15, 0.2) is 42.7 Å². The van der Waals surface area contributed by atoms with Crippen molar-refractivity contribution in [1.29, 1.82) is 0 Å². The van der Waals surface area contributed by atoms with Crippen LogP contribution in [0.2, 0.25) is 0 Å². The molecule has 28 heavy (non-hydrogen) atoms. The highest BCUT2D eigenvalue weighted by molar-refractivity contribution is 6.07. The van der Waals surface area contributed by atoms with Crippen LogP contribution in [0.3, 0.4) is 0 Å². The Morgan fingerprint density at radius 2 is 2.00 bits per heavy atom. The molecule has 2 N–H and O–H groups in total. The third kappa shape index (κ3) is 3.46. The monoisotopic (exact) mass is 381 g/mol. The highest BCUT2D eigenvalue weighted by Crippen LogP contribution is 2.32. The van der Waals surface area contributed by atoms with E-state index in [9.17, 15) is 14.4 Å². The van der Waals surface area contributed by atoms with Crippen molar-refractivity contribution in [3.63, 3.8) is 0 Å². The van der Waals surface area contributed by atoms with Crippen LogP contribution in [-0.4, -0.2) is 46.6 Å². The zero-order valence-corrected chi connectivity index (χ0v) is 15.0. The van der Waals surface area contributed by atoms with E-state index in [0.29, 0.717) is 37.1 Å². The maximum atomic E-state index is 12.7. The number of aromatic nitrogens is 1. The number of fused-ring (bicyclic) bond motifs is 1. The number of hydrogen-bond acceptors (Lipinski definition) is 5. The number of carbonyl (C=O) groups is 3. The number of amides is 2. The average Bonchev–Trinajstić information content (AvgIpc) is 3.35. The molecule has 2 aliphatic heterocycles. The van der Waals surface area contributed by atoms with E-state index in [0.717, 1.165) is 11.3 Å². The van der Waals surface area contributed by atoms with Crippen LogP contribution in [0.4, 0.5) is 11.4 Å². The third-order valence-electron chi connectivity index (χ3n) is 4.98. The second kappa shape index (κ2) is 7.40. The lowest BCUT2D eigenvalue weighted by molar-refractivity contribution is -0.150. The number of ether oxygens (including phenoxy) is 1. The van der Waals surface area contributed by atoms with Crippen molar-refractivity contribution in [3.05, 3.63) is 53.9 Å². The molecule has 1 aromatic heterocycles. The molecule has 2 atom stereocenters. The van der Waals surface area contributed by atoms with Gasteiger partial charge in [-0.25, -0.2) is 4.79 Å². The quantitative estimate of drug-likeness (QED) is 0.837. The summed E-state index contributed by atoms with van der Waals surface area (Å²) in [4.78, 5) is 41.7. The van der Waals surface area contributed by atoms with Gasteiger partial charge in [-0.2, -0.15) is 0 Å². The van der Waals surface area contributed by atoms with E-state index in [-0.39, 0.29) is 11.8 Å². The number of rotatable bonds is 4. The first kappa shape index (κ1) is 18.1. The van der Waals surface area contributed by atoms with Crippen molar-refractivity contribution in [2.24, 2.45) is 0 Å². The minimum Gasteiger partial charge on any atom is -0.479 e. The SMILES string of the molecule is O=C(Nc1ccc2c(c1)CCN2C(=O)c1cccnc1)[C@@H]1CC[C@H](C(=O)O)O1. The molecule has 2 aromatic rings. The number of carbonyl (C=O) groups excluding carboxylic acids is 2. The summed E-state index contributed by atoms with van der Waals surface area (Å²) in [6.45, 7) is 0.562. The summed E-state index contributed by atoms with van der Waals surface area (Å²) < 4.78 is 5.28. The number of aliphatic carboxylic acids is 1. The molecule has 0 saturated carbocycles. The molecule has 1 aromatic carbocycles. The van der Waals surface area contributed by atoms with Crippen LogP contribution >= 0.6 is 0 Å². The third-order valence-corrected chi connectivity index (χ3v) is 4.98. The number of carboxylic acid groups (broad SMARTS) is 1. The maximum absolute atomic E-state index is 12.7. The van der Waals surface area contributed by atoms with E-state index in [1.54, 1.807) is 35.5 Å². The molecule has 2 amide bonds. The maximum Gasteiger partial charge on any atom is 0.332 e. The van der Waals surface area contributed by atoms with Gasteiger partial charge < -0.3 is 20.1 Å². The predicted molar refractivity (Wildman–Crippen MR) is 100 cm³/mol. The molecular weight excluding hydrogens is 362 g/mol. The van der Waals surface area contributed by atoms with Gasteiger partial charge in [0, 0.05) is 30.3 Å². The van der Waals surface area contributed by atoms with Crippen molar-refractivity contribution in [2.75, 3.05) is 16.8 Å². The highest BCUT2D eigenvalue weighted by atomic mass is 16.5. The van der Waals surface area contributed by atoms with Crippen molar-refractivity contribution < 1.29 is 24.2 Å². The Morgan fingerprint density at radius 1 is 1.18 bits per heavy atom. The fourth-order valence-electron chi connectivity index (χ4n) is 3.57. The molecule has 8 nitrogen and oxygen atoms in total. The van der Waals surface area contributed by atoms with Crippen LogP contribution in [0.25, 0.3) is 0 Å². The average molecular weight is 381 g/mol. The van der Waals surface area contributed by atoms with E-state index in [1.165, 1.54) is 0 Å². The lowest BCUT2D eigenvalue weighted by Crippen LogP contribution is -2.30. The second-order valence-corrected chi connectivity index (χ2v) is 6.81. The zero-order chi connectivity index (χ0) is 19.7. The van der Waals surface area contributed by atoms with Crippen molar-refractivity contribution in [3.8, 4) is 0 Å². The Labute approximate surface area is 161 Å². The van der Waals surface area contributed by atoms with Crippen molar-refractivity contribution in [2.45, 2.75) is 31.5 Å². The fourth-order valence-corrected chi connectivity index (χ4v) is 3.57. The number of nitrogens with zero attached hydrogens (tertiary/aromatic N) is 2. The van der Waals surface area contributed by atoms with Crippen LogP contribution in [-0.2, 0) is 20.7 Å². The van der Waals surface area contributed by atoms with Gasteiger partial charge in [-0.1, -0.05) is 0 Å². The summed E-state index contributed by atoms with van der Waals surface area (Å²) >= 11 is 0. The van der Waals surface area contributed by atoms with Gasteiger partial charge in [-0.3, -0.25) is 14.6 Å². The van der Waals surface area contributed by atoms with Crippen LogP contribution in [0.1, 0.15) is 28.8 Å². The van der Waals surface area contributed by atoms with Gasteiger partial charge in [0.1, 0.15) is 6.10 Å². The highest BCUT2D eigenvalue weighted by Gasteiger charge is 2.35. The molecule has 1 saturated heterocycles. The minimum absolute atomic E-state index is 0.109. The number of benzene rings is 1. The first-order chi connectivity index (χ1) is 13.5. The molecule has 2 aliphatic rings. The van der Waals surface area contributed by atoms with E-state index in [1.807, 2.05) is 12.1 Å². The summed E-state index contributed by atoms with van der Waals surface area (Å²) in [5.41, 5.74) is 2.90. The summed E-state index contributed by atoms with van der Waals surface area (Å²) in [6, 6.07) is 8.83. The van der Waals surface area contributed by atoms with Gasteiger partial charge in [0.15, 0.2) is 6.10 Å². The van der Waals surface area contributed by atoms with Crippen LogP contribution < -0.4 is 10.2 Å². The van der Waals surface area contributed by atoms with Gasteiger partial charge >= 0.3 is 5.97 Å². The molecule has 3 heterocycles. The zero-order valence-electron chi connectivity index (χ0n) is 15.0. The molecule has 8 heteroatoms. The summed E-state index contributed by atoms with van der Waals surface area (Å²) in [6.07, 6.45) is 2.86. The molecular formula is C20H19N3O5. The Kier molecular flexibility index (Phi) is 4.79. The second-order valence-electron chi connectivity index (χ2n) is 6.81. The molecule has 0 spiro atoms. The topological polar surface area (TPSA) is 109 Å². The molecule has 4 rings (SSSR count). The van der Waals surface area contributed by atoms with Crippen LogP contribution in [0.5, 0.6) is 0 Å². The fraction of sp³-hybridized carbons (Fsp3) is 0.300. The number of nitrogens with one attached hydrogen (secondary N) is 1. The molecule has 0 aliphatic carbocycles. The summed E-state index contributed by atoms with van der Waals surface area (Å²) in [5, 5.41) is 11.7. The molecule has 1 fully saturated rings. The normalized spacial score (nSPS) is 20.6. The first-order valence-corrected chi connectivity index (χ1v) is 9.07. The number of pyridine rings is 1. The van der Waals surface area contributed by atoms with Crippen molar-refractivity contribution in [1.82, 2.24) is 4.98 Å².